The van der Waals surface area contributed by atoms with Crippen LogP contribution >= 0.6 is 0 Å². The maximum absolute atomic E-state index is 10.4. The van der Waals surface area contributed by atoms with E-state index in [4.69, 9.17) is 9.47 Å². The third-order valence-corrected chi connectivity index (χ3v) is 6.00. The lowest BCUT2D eigenvalue weighted by atomic mass is 10.0. The van der Waals surface area contributed by atoms with Gasteiger partial charge in [0.2, 0.25) is 6.79 Å². The Hall–Kier alpha value is -2.76. The average molecular weight is 378 g/mol. The van der Waals surface area contributed by atoms with Gasteiger partial charge in [0.1, 0.15) is 45.0 Å². The number of nitrogens with one attached hydrogen (secondary N) is 2. The predicted molar refractivity (Wildman–Crippen MR) is 107 cm³/mol. The molecule has 0 atom stereocenters. The number of hydrogen-bond donors (Lipinski definition) is 3. The van der Waals surface area contributed by atoms with Gasteiger partial charge in [0, 0.05) is 5.56 Å². The predicted octanol–water partition coefficient (Wildman–Crippen LogP) is 0.758. The topological polar surface area (TPSA) is 47.6 Å². The van der Waals surface area contributed by atoms with Crippen molar-refractivity contribution in [3.8, 4) is 17.2 Å². The van der Waals surface area contributed by atoms with E-state index in [0.29, 0.717) is 12.5 Å². The molecule has 0 unspecified atom stereocenters. The molecular weight excluding hydrogens is 352 g/mol. The number of fused-ring (bicyclic) bond motifs is 2. The van der Waals surface area contributed by atoms with Gasteiger partial charge in [-0.3, -0.25) is 0 Å². The van der Waals surface area contributed by atoms with Gasteiger partial charge >= 0.3 is 0 Å². The maximum atomic E-state index is 10.4. The summed E-state index contributed by atoms with van der Waals surface area (Å²) < 4.78 is 10.9. The minimum absolute atomic E-state index is 0.328. The molecule has 3 N–H and O–H groups in total. The minimum atomic E-state index is 0.328. The van der Waals surface area contributed by atoms with Gasteiger partial charge in [-0.25, -0.2) is 0 Å². The summed E-state index contributed by atoms with van der Waals surface area (Å²) in [6.45, 7) is 6.72. The number of phenolic OH excluding ortho intramolecular Hbond substituents is 1. The summed E-state index contributed by atoms with van der Waals surface area (Å²) in [5.41, 5.74) is 2.38. The van der Waals surface area contributed by atoms with Crippen LogP contribution in [0.3, 0.4) is 0 Å². The molecule has 2 heterocycles. The van der Waals surface area contributed by atoms with Crippen LogP contribution in [0, 0.1) is 0 Å². The Labute approximate surface area is 164 Å². The molecule has 0 saturated carbocycles. The Bertz CT molecular complexity index is 996. The van der Waals surface area contributed by atoms with Crippen LogP contribution < -0.4 is 19.3 Å². The number of hydrogen-bond acceptors (Lipinski definition) is 3. The lowest BCUT2D eigenvalue weighted by Gasteiger charge is -2.30. The van der Waals surface area contributed by atoms with Crippen LogP contribution in [0.25, 0.3) is 10.8 Å². The fourth-order valence-corrected chi connectivity index (χ4v) is 4.41. The molecule has 0 aliphatic carbocycles. The Morgan fingerprint density at radius 1 is 0.786 bits per heavy atom. The van der Waals surface area contributed by atoms with Crippen molar-refractivity contribution in [3.63, 3.8) is 0 Å². The van der Waals surface area contributed by atoms with E-state index in [2.05, 4.69) is 24.3 Å². The summed E-state index contributed by atoms with van der Waals surface area (Å²) in [7, 11) is 0. The fourth-order valence-electron chi connectivity index (χ4n) is 4.41. The lowest BCUT2D eigenvalue weighted by molar-refractivity contribution is -1.02. The van der Waals surface area contributed by atoms with Crippen LogP contribution in [0.2, 0.25) is 0 Å². The van der Waals surface area contributed by atoms with Gasteiger partial charge in [0.25, 0.3) is 0 Å². The summed E-state index contributed by atoms with van der Waals surface area (Å²) in [4.78, 5) is 3.14. The normalized spacial score (nSPS) is 21.1. The molecular formula is C23H26N2O3+2. The smallest absolute Gasteiger partial charge is 0.231 e. The van der Waals surface area contributed by atoms with Crippen LogP contribution in [0.4, 0.5) is 0 Å². The second kappa shape index (κ2) is 7.34. The molecule has 5 heteroatoms. The summed E-state index contributed by atoms with van der Waals surface area (Å²) in [6, 6.07) is 18.4. The van der Waals surface area contributed by atoms with Crippen molar-refractivity contribution in [3.05, 3.63) is 65.7 Å². The monoisotopic (exact) mass is 378 g/mol. The number of benzene rings is 3. The Balaban J connectivity index is 1.23. The highest BCUT2D eigenvalue weighted by atomic mass is 16.7. The number of quaternary nitrogens is 2. The zero-order valence-corrected chi connectivity index (χ0v) is 15.9. The molecule has 28 heavy (non-hydrogen) atoms. The number of ether oxygens (including phenoxy) is 2. The number of phenols is 1. The molecule has 5 rings (SSSR count). The van der Waals surface area contributed by atoms with Gasteiger partial charge in [0.15, 0.2) is 11.5 Å². The van der Waals surface area contributed by atoms with Crippen LogP contribution in [-0.2, 0) is 13.1 Å². The first kappa shape index (κ1) is 17.3. The second-order valence-corrected chi connectivity index (χ2v) is 7.83. The molecule has 0 spiro atoms. The lowest BCUT2D eigenvalue weighted by Crippen LogP contribution is -3.27. The Morgan fingerprint density at radius 2 is 1.54 bits per heavy atom. The van der Waals surface area contributed by atoms with Gasteiger partial charge < -0.3 is 24.4 Å². The third kappa shape index (κ3) is 3.39. The van der Waals surface area contributed by atoms with Crippen LogP contribution in [0.5, 0.6) is 17.2 Å². The summed E-state index contributed by atoms with van der Waals surface area (Å²) in [5.74, 6) is 2.14. The van der Waals surface area contributed by atoms with Crippen molar-refractivity contribution in [1.29, 1.82) is 0 Å². The van der Waals surface area contributed by atoms with Crippen LogP contribution in [-0.4, -0.2) is 38.1 Å². The Morgan fingerprint density at radius 3 is 2.39 bits per heavy atom. The minimum Gasteiger partial charge on any atom is -0.507 e. The molecule has 2 aliphatic heterocycles. The van der Waals surface area contributed by atoms with Crippen molar-refractivity contribution in [2.75, 3.05) is 33.0 Å². The highest BCUT2D eigenvalue weighted by Crippen LogP contribution is 2.32. The standard InChI is InChI=1S/C23H24N2O3/c26-21-7-6-18-3-1-2-4-19(18)20(21)15-25-11-9-24(10-12-25)14-17-5-8-22-23(13-17)28-16-27-22/h1-8,13,26H,9-12,14-16H2/p+2. The third-order valence-electron chi connectivity index (χ3n) is 6.00. The van der Waals surface area contributed by atoms with Crippen molar-refractivity contribution < 1.29 is 24.4 Å². The highest BCUT2D eigenvalue weighted by Gasteiger charge is 2.25. The molecule has 3 aromatic rings. The molecule has 3 aromatic carbocycles. The first-order chi connectivity index (χ1) is 13.8. The molecule has 2 aliphatic rings. The van der Waals surface area contributed by atoms with Crippen molar-refractivity contribution >= 4 is 10.8 Å². The molecule has 5 nitrogen and oxygen atoms in total. The Kier molecular flexibility index (Phi) is 4.55. The van der Waals surface area contributed by atoms with Crippen LogP contribution in [0.1, 0.15) is 11.1 Å². The average Bonchev–Trinajstić information content (AvgIpc) is 3.19. The summed E-state index contributed by atoms with van der Waals surface area (Å²) in [6.07, 6.45) is 0. The summed E-state index contributed by atoms with van der Waals surface area (Å²) >= 11 is 0. The summed E-state index contributed by atoms with van der Waals surface area (Å²) in [5, 5.41) is 12.8. The largest absolute Gasteiger partial charge is 0.507 e. The van der Waals surface area contributed by atoms with Crippen LogP contribution in [0.15, 0.2) is 54.6 Å². The molecule has 0 amide bonds. The van der Waals surface area contributed by atoms with E-state index in [9.17, 15) is 5.11 Å². The van der Waals surface area contributed by atoms with Crippen molar-refractivity contribution in [2.45, 2.75) is 13.1 Å². The van der Waals surface area contributed by atoms with E-state index in [0.717, 1.165) is 56.3 Å². The van der Waals surface area contributed by atoms with Crippen molar-refractivity contribution in [1.82, 2.24) is 0 Å². The molecule has 0 aromatic heterocycles. The van der Waals surface area contributed by atoms with Gasteiger partial charge in [0.05, 0.1) is 5.56 Å². The second-order valence-electron chi connectivity index (χ2n) is 7.83. The fraction of sp³-hybridized carbons (Fsp3) is 0.304. The molecule has 144 valence electrons. The highest BCUT2D eigenvalue weighted by molar-refractivity contribution is 5.87. The maximum Gasteiger partial charge on any atom is 0.231 e. The van der Waals surface area contributed by atoms with Gasteiger partial charge in [-0.2, -0.15) is 0 Å². The first-order valence-corrected chi connectivity index (χ1v) is 10.0. The molecule has 1 fully saturated rings. The van der Waals surface area contributed by atoms with E-state index in [-0.39, 0.29) is 0 Å². The zero-order valence-electron chi connectivity index (χ0n) is 15.9. The van der Waals surface area contributed by atoms with Crippen molar-refractivity contribution in [2.24, 2.45) is 0 Å². The zero-order chi connectivity index (χ0) is 18.9. The number of piperazine rings is 1. The van der Waals surface area contributed by atoms with Gasteiger partial charge in [-0.1, -0.05) is 30.3 Å². The molecule has 0 bridgehead atoms. The van der Waals surface area contributed by atoms with Gasteiger partial charge in [-0.05, 0) is 35.0 Å². The van der Waals surface area contributed by atoms with E-state index >= 15 is 0 Å². The van der Waals surface area contributed by atoms with E-state index in [1.165, 1.54) is 16.3 Å². The number of rotatable bonds is 4. The van der Waals surface area contributed by atoms with E-state index < -0.39 is 0 Å². The van der Waals surface area contributed by atoms with E-state index in [1.54, 1.807) is 9.80 Å². The molecule has 0 radical (unpaired) electrons. The molecule has 1 saturated heterocycles. The first-order valence-electron chi connectivity index (χ1n) is 10.0. The van der Waals surface area contributed by atoms with E-state index in [1.807, 2.05) is 30.3 Å². The SMILES string of the molecule is Oc1ccc2ccccc2c1C[NH+]1CC[NH+](Cc2ccc3c(c2)OCO3)CC1. The quantitative estimate of drug-likeness (QED) is 0.628. The number of aromatic hydroxyl groups is 1. The van der Waals surface area contributed by atoms with Gasteiger partial charge in [-0.15, -0.1) is 0 Å².